The highest BCUT2D eigenvalue weighted by Gasteiger charge is 2.29. The molecule has 1 aliphatic rings. The number of carbonyl (C=O) groups is 3. The fourth-order valence-electron chi connectivity index (χ4n) is 2.62. The Morgan fingerprint density at radius 1 is 1.21 bits per heavy atom. The molecule has 24 heavy (non-hydrogen) atoms. The first-order chi connectivity index (χ1) is 11.0. The van der Waals surface area contributed by atoms with Crippen molar-refractivity contribution in [2.24, 2.45) is 5.41 Å². The fraction of sp³-hybridized carbons (Fsp3) is 0.450. The maximum Gasteiger partial charge on any atom is 0.331 e. The van der Waals surface area contributed by atoms with Crippen LogP contribution < -0.4 is 0 Å². The second-order valence-corrected chi connectivity index (χ2v) is 7.06. The molecular weight excluding hydrogens is 304 g/mol. The highest BCUT2D eigenvalue weighted by Crippen LogP contribution is 2.34. The Hall–Kier alpha value is -2.23. The number of hydrogen-bond donors (Lipinski definition) is 0. The SMILES string of the molecule is CC(C)=CC(=O)C/C(C)=C/C(=O)OC1C=C(C=O)C(C)(C)C=C1C. The molecule has 0 amide bonds. The van der Waals surface area contributed by atoms with E-state index in [1.165, 1.54) is 6.08 Å². The van der Waals surface area contributed by atoms with E-state index in [1.807, 2.05) is 40.7 Å². The molecule has 1 atom stereocenters. The number of carbonyl (C=O) groups excluding carboxylic acids is 3. The molecule has 1 unspecified atom stereocenters. The van der Waals surface area contributed by atoms with Gasteiger partial charge in [-0.15, -0.1) is 0 Å². The number of rotatable bonds is 6. The minimum atomic E-state index is -0.553. The lowest BCUT2D eigenvalue weighted by molar-refractivity contribution is -0.139. The van der Waals surface area contributed by atoms with Crippen LogP contribution in [0.4, 0.5) is 0 Å². The second-order valence-electron chi connectivity index (χ2n) is 7.06. The molecule has 0 heterocycles. The van der Waals surface area contributed by atoms with Crippen LogP contribution in [0.1, 0.15) is 48.0 Å². The molecule has 0 radical (unpaired) electrons. The van der Waals surface area contributed by atoms with E-state index in [4.69, 9.17) is 4.74 Å². The zero-order valence-corrected chi connectivity index (χ0v) is 15.3. The van der Waals surface area contributed by atoms with Crippen molar-refractivity contribution in [2.45, 2.75) is 54.1 Å². The maximum absolute atomic E-state index is 12.1. The molecule has 0 aromatic carbocycles. The molecule has 4 heteroatoms. The van der Waals surface area contributed by atoms with Crippen LogP contribution in [0.25, 0.3) is 0 Å². The quantitative estimate of drug-likeness (QED) is 0.321. The van der Waals surface area contributed by atoms with Crippen LogP contribution in [0.2, 0.25) is 0 Å². The smallest absolute Gasteiger partial charge is 0.331 e. The lowest BCUT2D eigenvalue weighted by Gasteiger charge is -2.29. The van der Waals surface area contributed by atoms with Crippen molar-refractivity contribution in [3.8, 4) is 0 Å². The third-order valence-corrected chi connectivity index (χ3v) is 3.75. The van der Waals surface area contributed by atoms with E-state index in [2.05, 4.69) is 0 Å². The van der Waals surface area contributed by atoms with Crippen LogP contribution in [0.3, 0.4) is 0 Å². The zero-order valence-electron chi connectivity index (χ0n) is 15.3. The number of aldehydes is 1. The van der Waals surface area contributed by atoms with Gasteiger partial charge in [-0.2, -0.15) is 0 Å². The third kappa shape index (κ3) is 5.76. The van der Waals surface area contributed by atoms with Gasteiger partial charge in [-0.1, -0.05) is 31.1 Å². The molecule has 0 spiro atoms. The van der Waals surface area contributed by atoms with Gasteiger partial charge in [-0.25, -0.2) is 4.79 Å². The van der Waals surface area contributed by atoms with E-state index in [9.17, 15) is 14.4 Å². The predicted octanol–water partition coefficient (Wildman–Crippen LogP) is 3.88. The number of esters is 1. The van der Waals surface area contributed by atoms with Gasteiger partial charge >= 0.3 is 5.97 Å². The molecule has 0 saturated heterocycles. The van der Waals surface area contributed by atoms with Gasteiger partial charge in [0.15, 0.2) is 5.78 Å². The van der Waals surface area contributed by atoms with Crippen molar-refractivity contribution in [3.63, 3.8) is 0 Å². The Labute approximate surface area is 144 Å². The maximum atomic E-state index is 12.1. The van der Waals surface area contributed by atoms with Gasteiger partial charge in [0, 0.05) is 23.5 Å². The predicted molar refractivity (Wildman–Crippen MR) is 94.4 cm³/mol. The van der Waals surface area contributed by atoms with Gasteiger partial charge in [0.05, 0.1) is 0 Å². The van der Waals surface area contributed by atoms with Crippen LogP contribution in [-0.2, 0) is 19.1 Å². The van der Waals surface area contributed by atoms with Crippen molar-refractivity contribution in [3.05, 3.63) is 46.6 Å². The van der Waals surface area contributed by atoms with Crippen molar-refractivity contribution in [1.82, 2.24) is 0 Å². The molecule has 0 aliphatic heterocycles. The zero-order chi connectivity index (χ0) is 18.5. The summed E-state index contributed by atoms with van der Waals surface area (Å²) < 4.78 is 5.42. The molecule has 130 valence electrons. The first-order valence-corrected chi connectivity index (χ1v) is 7.97. The van der Waals surface area contributed by atoms with Gasteiger partial charge in [0.2, 0.25) is 0 Å². The molecule has 0 aromatic rings. The molecule has 0 bridgehead atoms. The van der Waals surface area contributed by atoms with Crippen LogP contribution in [0.5, 0.6) is 0 Å². The average molecular weight is 330 g/mol. The van der Waals surface area contributed by atoms with E-state index in [1.54, 1.807) is 19.1 Å². The summed E-state index contributed by atoms with van der Waals surface area (Å²) in [7, 11) is 0. The summed E-state index contributed by atoms with van der Waals surface area (Å²) in [5.41, 5.74) is 2.67. The first kappa shape index (κ1) is 19.8. The minimum Gasteiger partial charge on any atom is -0.450 e. The van der Waals surface area contributed by atoms with Gasteiger partial charge in [-0.3, -0.25) is 9.59 Å². The van der Waals surface area contributed by atoms with Gasteiger partial charge in [0.1, 0.15) is 12.4 Å². The Balaban J connectivity index is 2.79. The summed E-state index contributed by atoms with van der Waals surface area (Å²) >= 11 is 0. The van der Waals surface area contributed by atoms with Crippen LogP contribution in [0, 0.1) is 5.41 Å². The molecular formula is C20H26O4. The molecule has 0 saturated carbocycles. The minimum absolute atomic E-state index is 0.0461. The van der Waals surface area contributed by atoms with Crippen LogP contribution in [0.15, 0.2) is 46.6 Å². The van der Waals surface area contributed by atoms with E-state index < -0.39 is 12.1 Å². The molecule has 1 aliphatic carbocycles. The summed E-state index contributed by atoms with van der Waals surface area (Å²) in [6.07, 6.45) is 6.92. The normalized spacial score (nSPS) is 19.8. The van der Waals surface area contributed by atoms with Crippen molar-refractivity contribution in [2.75, 3.05) is 0 Å². The summed E-state index contributed by atoms with van der Waals surface area (Å²) in [5, 5.41) is 0. The highest BCUT2D eigenvalue weighted by atomic mass is 16.5. The number of allylic oxidation sites excluding steroid dienone is 5. The largest absolute Gasteiger partial charge is 0.450 e. The molecule has 0 N–H and O–H groups in total. The summed E-state index contributed by atoms with van der Waals surface area (Å²) in [5.74, 6) is -0.563. The Kier molecular flexibility index (Phi) is 6.64. The Morgan fingerprint density at radius 2 is 1.83 bits per heavy atom. The summed E-state index contributed by atoms with van der Waals surface area (Å²) in [6.45, 7) is 11.2. The van der Waals surface area contributed by atoms with Gasteiger partial charge in [-0.05, 0) is 45.4 Å². The van der Waals surface area contributed by atoms with Crippen molar-refractivity contribution < 1.29 is 19.1 Å². The summed E-state index contributed by atoms with van der Waals surface area (Å²) in [4.78, 5) is 35.0. The number of ether oxygens (including phenoxy) is 1. The lowest BCUT2D eigenvalue weighted by atomic mass is 9.78. The third-order valence-electron chi connectivity index (χ3n) is 3.75. The van der Waals surface area contributed by atoms with Crippen LogP contribution >= 0.6 is 0 Å². The van der Waals surface area contributed by atoms with Crippen molar-refractivity contribution >= 4 is 18.0 Å². The fourth-order valence-corrected chi connectivity index (χ4v) is 2.62. The topological polar surface area (TPSA) is 60.4 Å². The number of hydrogen-bond acceptors (Lipinski definition) is 4. The van der Waals surface area contributed by atoms with E-state index in [0.29, 0.717) is 11.1 Å². The standard InChI is InChI=1S/C20H26O4/c1-13(2)7-17(22)8-14(3)9-19(23)24-18-10-16(12-21)20(5,6)11-15(18)4/h7,9-12,18H,8H2,1-6H3/b14-9+. The van der Waals surface area contributed by atoms with Gasteiger partial charge in [0.25, 0.3) is 0 Å². The Morgan fingerprint density at radius 3 is 2.38 bits per heavy atom. The molecule has 0 fully saturated rings. The van der Waals surface area contributed by atoms with E-state index in [-0.39, 0.29) is 17.6 Å². The monoisotopic (exact) mass is 330 g/mol. The van der Waals surface area contributed by atoms with Crippen molar-refractivity contribution in [1.29, 1.82) is 0 Å². The average Bonchev–Trinajstić information content (AvgIpc) is 2.39. The van der Waals surface area contributed by atoms with Gasteiger partial charge < -0.3 is 4.74 Å². The molecule has 0 aromatic heterocycles. The Bertz CT molecular complexity index is 653. The van der Waals surface area contributed by atoms with E-state index >= 15 is 0 Å². The second kappa shape index (κ2) is 8.04. The van der Waals surface area contributed by atoms with E-state index in [0.717, 1.165) is 17.4 Å². The molecule has 4 nitrogen and oxygen atoms in total. The highest BCUT2D eigenvalue weighted by molar-refractivity contribution is 5.93. The number of ketones is 1. The first-order valence-electron chi connectivity index (χ1n) is 7.97. The van der Waals surface area contributed by atoms with Crippen LogP contribution in [-0.4, -0.2) is 24.1 Å². The molecule has 1 rings (SSSR count). The lowest BCUT2D eigenvalue weighted by Crippen LogP contribution is -2.26. The summed E-state index contributed by atoms with van der Waals surface area (Å²) in [6, 6.07) is 0.